The number of methoxy groups -OCH3 is 1. The third-order valence-electron chi connectivity index (χ3n) is 4.89. The lowest BCUT2D eigenvalue weighted by Gasteiger charge is -2.17. The number of para-hydroxylation sites is 1. The summed E-state index contributed by atoms with van der Waals surface area (Å²) in [6.07, 6.45) is 2.10. The second kappa shape index (κ2) is 9.88. The Morgan fingerprint density at radius 3 is 2.55 bits per heavy atom. The van der Waals surface area contributed by atoms with Crippen LogP contribution in [0, 0.1) is 10.1 Å². The molecule has 1 aliphatic heterocycles. The average Bonchev–Trinajstić information content (AvgIpc) is 3.27. The topological polar surface area (TPSA) is 93.9 Å². The van der Waals surface area contributed by atoms with Crippen LogP contribution >= 0.6 is 0 Å². The molecule has 0 unspecified atom stereocenters. The Bertz CT molecular complexity index is 865. The Labute approximate surface area is 169 Å². The van der Waals surface area contributed by atoms with Gasteiger partial charge in [0.25, 0.3) is 11.6 Å². The van der Waals surface area contributed by atoms with Gasteiger partial charge in [0.05, 0.1) is 12.0 Å². The van der Waals surface area contributed by atoms with Crippen molar-refractivity contribution in [2.45, 2.75) is 25.9 Å². The molecule has 8 heteroatoms. The predicted octanol–water partition coefficient (Wildman–Crippen LogP) is 2.89. The summed E-state index contributed by atoms with van der Waals surface area (Å²) in [6, 6.07) is 12.0. The Kier molecular flexibility index (Phi) is 7.02. The average molecular weight is 399 g/mol. The van der Waals surface area contributed by atoms with E-state index in [1.165, 1.54) is 19.2 Å². The molecule has 1 amide bonds. The summed E-state index contributed by atoms with van der Waals surface area (Å²) in [5, 5.41) is 14.3. The van der Waals surface area contributed by atoms with Crippen LogP contribution in [0.2, 0.25) is 0 Å². The summed E-state index contributed by atoms with van der Waals surface area (Å²) in [5.41, 5.74) is 1.63. The van der Waals surface area contributed by atoms with Crippen LogP contribution in [0.4, 0.5) is 5.69 Å². The molecule has 3 rings (SSSR count). The van der Waals surface area contributed by atoms with Crippen LogP contribution in [0.3, 0.4) is 0 Å². The summed E-state index contributed by atoms with van der Waals surface area (Å²) in [4.78, 5) is 24.6. The number of rotatable bonds is 9. The zero-order chi connectivity index (χ0) is 20.6. The minimum absolute atomic E-state index is 0.00611. The van der Waals surface area contributed by atoms with Gasteiger partial charge in [-0.3, -0.25) is 14.9 Å². The number of carbonyl (C=O) groups is 1. The van der Waals surface area contributed by atoms with Gasteiger partial charge in [-0.2, -0.15) is 0 Å². The number of nitrogens with one attached hydrogen (secondary N) is 1. The molecule has 154 valence electrons. The van der Waals surface area contributed by atoms with E-state index < -0.39 is 4.92 Å². The number of nitro groups is 1. The van der Waals surface area contributed by atoms with Crippen molar-refractivity contribution in [3.8, 4) is 11.5 Å². The van der Waals surface area contributed by atoms with Crippen molar-refractivity contribution < 1.29 is 19.2 Å². The summed E-state index contributed by atoms with van der Waals surface area (Å²) in [6.45, 7) is 2.51. The van der Waals surface area contributed by atoms with Gasteiger partial charge in [-0.15, -0.1) is 0 Å². The standard InChI is InChI=1S/C21H25N3O5/c1-28-19-9-8-18(24(26)27)12-17(19)14-22-13-16-6-2-3-7-20(16)29-15-21(25)23-10-4-5-11-23/h2-3,6-9,12,22H,4-5,10-11,13-15H2,1H3. The van der Waals surface area contributed by atoms with Crippen LogP contribution in [0.5, 0.6) is 11.5 Å². The molecule has 0 aliphatic carbocycles. The number of hydrogen-bond donors (Lipinski definition) is 1. The number of non-ortho nitro benzene ring substituents is 1. The monoisotopic (exact) mass is 399 g/mol. The number of hydrogen-bond acceptors (Lipinski definition) is 6. The van der Waals surface area contributed by atoms with E-state index in [1.807, 2.05) is 29.2 Å². The van der Waals surface area contributed by atoms with Crippen molar-refractivity contribution in [1.29, 1.82) is 0 Å². The van der Waals surface area contributed by atoms with E-state index in [1.54, 1.807) is 6.07 Å². The van der Waals surface area contributed by atoms with Gasteiger partial charge in [-0.25, -0.2) is 0 Å². The van der Waals surface area contributed by atoms with Crippen LogP contribution in [0.1, 0.15) is 24.0 Å². The highest BCUT2D eigenvalue weighted by atomic mass is 16.6. The predicted molar refractivity (Wildman–Crippen MR) is 108 cm³/mol. The van der Waals surface area contributed by atoms with Crippen molar-refractivity contribution >= 4 is 11.6 Å². The molecule has 1 heterocycles. The van der Waals surface area contributed by atoms with E-state index in [0.717, 1.165) is 31.5 Å². The molecule has 0 atom stereocenters. The highest BCUT2D eigenvalue weighted by Crippen LogP contribution is 2.24. The maximum atomic E-state index is 12.2. The Morgan fingerprint density at radius 1 is 1.10 bits per heavy atom. The lowest BCUT2D eigenvalue weighted by molar-refractivity contribution is -0.384. The quantitative estimate of drug-likeness (QED) is 0.515. The van der Waals surface area contributed by atoms with Gasteiger partial charge in [-0.1, -0.05) is 18.2 Å². The normalized spacial score (nSPS) is 13.3. The van der Waals surface area contributed by atoms with Crippen molar-refractivity contribution in [1.82, 2.24) is 10.2 Å². The van der Waals surface area contributed by atoms with Gasteiger partial charge in [0.2, 0.25) is 0 Å². The first-order chi connectivity index (χ1) is 14.1. The second-order valence-corrected chi connectivity index (χ2v) is 6.84. The zero-order valence-electron chi connectivity index (χ0n) is 16.4. The number of nitrogens with zero attached hydrogens (tertiary/aromatic N) is 2. The number of likely N-dealkylation sites (tertiary alicyclic amines) is 1. The molecule has 0 aromatic heterocycles. The molecular formula is C21H25N3O5. The van der Waals surface area contributed by atoms with Gasteiger partial charge in [0.1, 0.15) is 11.5 Å². The van der Waals surface area contributed by atoms with Gasteiger partial charge >= 0.3 is 0 Å². The van der Waals surface area contributed by atoms with Crippen molar-refractivity contribution in [2.75, 3.05) is 26.8 Å². The van der Waals surface area contributed by atoms with Crippen molar-refractivity contribution in [3.63, 3.8) is 0 Å². The first-order valence-electron chi connectivity index (χ1n) is 9.59. The third kappa shape index (κ3) is 5.45. The first kappa shape index (κ1) is 20.6. The molecule has 1 saturated heterocycles. The van der Waals surface area contributed by atoms with Crippen molar-refractivity contribution in [2.24, 2.45) is 0 Å². The molecule has 0 radical (unpaired) electrons. The van der Waals surface area contributed by atoms with Crippen LogP contribution in [0.25, 0.3) is 0 Å². The van der Waals surface area contributed by atoms with E-state index in [2.05, 4.69) is 5.32 Å². The number of nitro benzene ring substituents is 1. The minimum Gasteiger partial charge on any atom is -0.496 e. The number of amides is 1. The van der Waals surface area contributed by atoms with Crippen LogP contribution in [-0.2, 0) is 17.9 Å². The molecule has 1 fully saturated rings. The summed E-state index contributed by atoms with van der Waals surface area (Å²) >= 11 is 0. The highest BCUT2D eigenvalue weighted by Gasteiger charge is 2.18. The minimum atomic E-state index is -0.427. The molecule has 8 nitrogen and oxygen atoms in total. The number of benzene rings is 2. The van der Waals surface area contributed by atoms with E-state index >= 15 is 0 Å². The molecule has 1 aliphatic rings. The molecule has 0 saturated carbocycles. The van der Waals surface area contributed by atoms with E-state index in [-0.39, 0.29) is 18.2 Å². The fourth-order valence-corrected chi connectivity index (χ4v) is 3.34. The van der Waals surface area contributed by atoms with Crippen LogP contribution < -0.4 is 14.8 Å². The maximum absolute atomic E-state index is 12.2. The van der Waals surface area contributed by atoms with Gasteiger partial charge in [0.15, 0.2) is 6.61 Å². The fourth-order valence-electron chi connectivity index (χ4n) is 3.34. The lowest BCUT2D eigenvalue weighted by atomic mass is 10.1. The molecule has 1 N–H and O–H groups in total. The Morgan fingerprint density at radius 2 is 1.83 bits per heavy atom. The largest absolute Gasteiger partial charge is 0.496 e. The van der Waals surface area contributed by atoms with Gasteiger partial charge < -0.3 is 19.7 Å². The highest BCUT2D eigenvalue weighted by molar-refractivity contribution is 5.78. The SMILES string of the molecule is COc1ccc([N+](=O)[O-])cc1CNCc1ccccc1OCC(=O)N1CCCC1. The molecule has 2 aromatic carbocycles. The van der Waals surface area contributed by atoms with E-state index in [9.17, 15) is 14.9 Å². The third-order valence-corrected chi connectivity index (χ3v) is 4.89. The molecule has 0 spiro atoms. The van der Waals surface area contributed by atoms with Gasteiger partial charge in [-0.05, 0) is 25.0 Å². The Balaban J connectivity index is 1.59. The smallest absolute Gasteiger partial charge is 0.270 e. The molecule has 29 heavy (non-hydrogen) atoms. The van der Waals surface area contributed by atoms with Crippen LogP contribution in [0.15, 0.2) is 42.5 Å². The lowest BCUT2D eigenvalue weighted by Crippen LogP contribution is -2.32. The second-order valence-electron chi connectivity index (χ2n) is 6.84. The Hall–Kier alpha value is -3.13. The number of carbonyl (C=O) groups excluding carboxylic acids is 1. The van der Waals surface area contributed by atoms with Crippen molar-refractivity contribution in [3.05, 3.63) is 63.7 Å². The van der Waals surface area contributed by atoms with E-state index in [4.69, 9.17) is 9.47 Å². The number of ether oxygens (including phenoxy) is 2. The molecule has 0 bridgehead atoms. The fraction of sp³-hybridized carbons (Fsp3) is 0.381. The van der Waals surface area contributed by atoms with Crippen LogP contribution in [-0.4, -0.2) is 42.5 Å². The summed E-state index contributed by atoms with van der Waals surface area (Å²) < 4.78 is 11.1. The summed E-state index contributed by atoms with van der Waals surface area (Å²) in [7, 11) is 1.53. The summed E-state index contributed by atoms with van der Waals surface area (Å²) in [5.74, 6) is 1.24. The van der Waals surface area contributed by atoms with Gasteiger partial charge in [0, 0.05) is 49.4 Å². The van der Waals surface area contributed by atoms with E-state index in [0.29, 0.717) is 30.2 Å². The zero-order valence-corrected chi connectivity index (χ0v) is 16.4. The molecule has 2 aromatic rings. The maximum Gasteiger partial charge on any atom is 0.270 e. The first-order valence-corrected chi connectivity index (χ1v) is 9.59. The molecular weight excluding hydrogens is 374 g/mol.